The Hall–Kier alpha value is 0.310. The summed E-state index contributed by atoms with van der Waals surface area (Å²) in [5.41, 5.74) is 0. The third-order valence-corrected chi connectivity index (χ3v) is 4.18. The van der Waals surface area contributed by atoms with Gasteiger partial charge in [0, 0.05) is 0 Å². The third-order valence-electron chi connectivity index (χ3n) is 4.18. The SMILES string of the molecule is Br.CCCCCCCCCCCCCCCC[N+](C)(C)C.O=S(=O)(O)O. The van der Waals surface area contributed by atoms with Gasteiger partial charge in [0.15, 0.2) is 0 Å². The quantitative estimate of drug-likeness (QED) is 0.175. The lowest BCUT2D eigenvalue weighted by Gasteiger charge is -2.23. The predicted octanol–water partition coefficient (Wildman–Crippen LogP) is 6.10. The fraction of sp³-hybridized carbons (Fsp3) is 1.00. The van der Waals surface area contributed by atoms with Crippen LogP contribution in [0.3, 0.4) is 0 Å². The van der Waals surface area contributed by atoms with Crippen LogP contribution in [0.2, 0.25) is 0 Å². The first-order chi connectivity index (χ1) is 11.6. The van der Waals surface area contributed by atoms with Crippen molar-refractivity contribution in [2.45, 2.75) is 96.8 Å². The molecule has 0 heterocycles. The molecule has 0 saturated heterocycles. The monoisotopic (exact) mass is 462 g/mol. The van der Waals surface area contributed by atoms with E-state index in [0.717, 1.165) is 4.48 Å². The molecular weight excluding hydrogens is 418 g/mol. The molecule has 0 radical (unpaired) electrons. The molecule has 0 aromatic heterocycles. The molecule has 0 spiro atoms. The van der Waals surface area contributed by atoms with Gasteiger partial charge >= 0.3 is 10.4 Å². The minimum Gasteiger partial charge on any atom is -0.331 e. The molecule has 7 heteroatoms. The van der Waals surface area contributed by atoms with Crippen LogP contribution in [0.4, 0.5) is 0 Å². The van der Waals surface area contributed by atoms with Gasteiger partial charge in [-0.1, -0.05) is 84.0 Å². The first-order valence-electron chi connectivity index (χ1n) is 10.1. The van der Waals surface area contributed by atoms with Crippen LogP contribution in [-0.2, 0) is 10.4 Å². The average Bonchev–Trinajstić information content (AvgIpc) is 2.45. The maximum atomic E-state index is 8.74. The molecule has 0 aliphatic rings. The fourth-order valence-electron chi connectivity index (χ4n) is 2.78. The summed E-state index contributed by atoms with van der Waals surface area (Å²) in [5, 5.41) is 0. The smallest absolute Gasteiger partial charge is 0.331 e. The van der Waals surface area contributed by atoms with Gasteiger partial charge in [-0.2, -0.15) is 8.42 Å². The molecule has 0 unspecified atom stereocenters. The minimum atomic E-state index is -4.67. The van der Waals surface area contributed by atoms with E-state index in [0.29, 0.717) is 0 Å². The van der Waals surface area contributed by atoms with Crippen molar-refractivity contribution in [3.63, 3.8) is 0 Å². The highest BCUT2D eigenvalue weighted by Crippen LogP contribution is 2.13. The van der Waals surface area contributed by atoms with E-state index in [-0.39, 0.29) is 17.0 Å². The van der Waals surface area contributed by atoms with E-state index in [9.17, 15) is 0 Å². The van der Waals surface area contributed by atoms with Crippen LogP contribution in [0, 0.1) is 0 Å². The van der Waals surface area contributed by atoms with E-state index in [4.69, 9.17) is 17.5 Å². The summed E-state index contributed by atoms with van der Waals surface area (Å²) >= 11 is 0. The van der Waals surface area contributed by atoms with E-state index in [2.05, 4.69) is 28.1 Å². The molecule has 0 amide bonds. The maximum Gasteiger partial charge on any atom is 0.394 e. The summed E-state index contributed by atoms with van der Waals surface area (Å²) in [7, 11) is 2.22. The van der Waals surface area contributed by atoms with Crippen LogP contribution in [0.5, 0.6) is 0 Å². The number of hydrogen-bond acceptors (Lipinski definition) is 2. The fourth-order valence-corrected chi connectivity index (χ4v) is 2.78. The number of hydrogen-bond donors (Lipinski definition) is 2. The standard InChI is InChI=1S/C19H42N.BrH.H2O4S/c1-5-6-7-8-9-10-11-12-13-14-15-16-17-18-19-20(2,3)4;;1-5(2,3)4/h5-19H2,1-4H3;1H;(H2,1,2,3,4)/q+1;;. The molecule has 0 atom stereocenters. The minimum absolute atomic E-state index is 0. The Balaban J connectivity index is -0.000000772. The van der Waals surface area contributed by atoms with Crippen molar-refractivity contribution in [2.24, 2.45) is 0 Å². The van der Waals surface area contributed by atoms with Crippen molar-refractivity contribution in [3.8, 4) is 0 Å². The van der Waals surface area contributed by atoms with Gasteiger partial charge in [-0.25, -0.2) is 0 Å². The third kappa shape index (κ3) is 44.1. The summed E-state index contributed by atoms with van der Waals surface area (Å²) in [5.74, 6) is 0. The second kappa shape index (κ2) is 20.1. The van der Waals surface area contributed by atoms with Crippen molar-refractivity contribution >= 4 is 27.4 Å². The zero-order valence-electron chi connectivity index (χ0n) is 17.6. The van der Waals surface area contributed by atoms with Crippen LogP contribution >= 0.6 is 17.0 Å². The first-order valence-corrected chi connectivity index (χ1v) is 11.5. The normalized spacial score (nSPS) is 11.5. The molecular formula is C19H45BrNO4S+. The number of unbranched alkanes of at least 4 members (excludes halogenated alkanes) is 13. The summed E-state index contributed by atoms with van der Waals surface area (Å²) in [6, 6.07) is 0. The number of quaternary nitrogens is 1. The van der Waals surface area contributed by atoms with Gasteiger partial charge in [-0.3, -0.25) is 9.11 Å². The highest BCUT2D eigenvalue weighted by Gasteiger charge is 2.04. The highest BCUT2D eigenvalue weighted by atomic mass is 79.9. The Kier molecular flexibility index (Phi) is 23.9. The van der Waals surface area contributed by atoms with Crippen LogP contribution in [0.1, 0.15) is 96.8 Å². The van der Waals surface area contributed by atoms with E-state index < -0.39 is 10.4 Å². The van der Waals surface area contributed by atoms with Crippen molar-refractivity contribution < 1.29 is 22.0 Å². The molecule has 0 saturated carbocycles. The van der Waals surface area contributed by atoms with Crippen molar-refractivity contribution in [1.29, 1.82) is 0 Å². The zero-order valence-corrected chi connectivity index (χ0v) is 20.1. The molecule has 162 valence electrons. The number of rotatable bonds is 15. The number of halogens is 1. The molecule has 0 fully saturated rings. The van der Waals surface area contributed by atoms with E-state index >= 15 is 0 Å². The van der Waals surface area contributed by atoms with Gasteiger partial charge in [0.05, 0.1) is 27.7 Å². The summed E-state index contributed by atoms with van der Waals surface area (Å²) < 4.78 is 32.7. The van der Waals surface area contributed by atoms with Gasteiger partial charge in [0.2, 0.25) is 0 Å². The van der Waals surface area contributed by atoms with Gasteiger partial charge in [-0.15, -0.1) is 17.0 Å². The van der Waals surface area contributed by atoms with E-state index in [1.807, 2.05) is 0 Å². The Morgan fingerprint density at radius 3 is 1.08 bits per heavy atom. The molecule has 26 heavy (non-hydrogen) atoms. The Bertz CT molecular complexity index is 362. The van der Waals surface area contributed by atoms with Crippen LogP contribution in [0.15, 0.2) is 0 Å². The van der Waals surface area contributed by atoms with Gasteiger partial charge in [0.1, 0.15) is 0 Å². The van der Waals surface area contributed by atoms with E-state index in [1.54, 1.807) is 0 Å². The lowest BCUT2D eigenvalue weighted by atomic mass is 10.0. The molecule has 0 bridgehead atoms. The molecule has 0 aliphatic carbocycles. The van der Waals surface area contributed by atoms with Gasteiger partial charge in [0.25, 0.3) is 0 Å². The molecule has 0 aromatic rings. The van der Waals surface area contributed by atoms with Crippen LogP contribution in [-0.4, -0.2) is 49.7 Å². The highest BCUT2D eigenvalue weighted by molar-refractivity contribution is 8.93. The Morgan fingerprint density at radius 1 is 0.615 bits per heavy atom. The maximum absolute atomic E-state index is 8.74. The lowest BCUT2D eigenvalue weighted by molar-refractivity contribution is -0.870. The van der Waals surface area contributed by atoms with E-state index in [1.165, 1.54) is 96.4 Å². The van der Waals surface area contributed by atoms with Crippen molar-refractivity contribution in [1.82, 2.24) is 0 Å². The molecule has 5 nitrogen and oxygen atoms in total. The molecule has 0 aliphatic heterocycles. The number of nitrogens with zero attached hydrogens (tertiary/aromatic N) is 1. The summed E-state index contributed by atoms with van der Waals surface area (Å²) in [6.45, 7) is 3.63. The summed E-state index contributed by atoms with van der Waals surface area (Å²) in [6.07, 6.45) is 20.4. The second-order valence-corrected chi connectivity index (χ2v) is 8.95. The topological polar surface area (TPSA) is 74.6 Å². The second-order valence-electron chi connectivity index (χ2n) is 8.06. The van der Waals surface area contributed by atoms with Crippen molar-refractivity contribution in [3.05, 3.63) is 0 Å². The van der Waals surface area contributed by atoms with Crippen molar-refractivity contribution in [2.75, 3.05) is 27.7 Å². The van der Waals surface area contributed by atoms with Gasteiger partial charge in [-0.05, 0) is 12.8 Å². The largest absolute Gasteiger partial charge is 0.394 e. The Morgan fingerprint density at radius 2 is 0.846 bits per heavy atom. The van der Waals surface area contributed by atoms with Gasteiger partial charge < -0.3 is 4.48 Å². The molecule has 0 rings (SSSR count). The predicted molar refractivity (Wildman–Crippen MR) is 118 cm³/mol. The molecule has 2 N–H and O–H groups in total. The lowest BCUT2D eigenvalue weighted by Crippen LogP contribution is -2.35. The average molecular weight is 464 g/mol. The first kappa shape index (κ1) is 31.0. The Labute approximate surface area is 173 Å². The summed E-state index contributed by atoms with van der Waals surface area (Å²) in [4.78, 5) is 0. The zero-order chi connectivity index (χ0) is 19.6. The molecule has 0 aromatic carbocycles. The van der Waals surface area contributed by atoms with Crippen LogP contribution < -0.4 is 0 Å². The van der Waals surface area contributed by atoms with Crippen LogP contribution in [0.25, 0.3) is 0 Å².